The van der Waals surface area contributed by atoms with Gasteiger partial charge in [0.25, 0.3) is 0 Å². The molecule has 1 aromatic heterocycles. The van der Waals surface area contributed by atoms with E-state index in [9.17, 15) is 0 Å². The zero-order chi connectivity index (χ0) is 21.8. The molecule has 156 valence electrons. The zero-order valence-corrected chi connectivity index (χ0v) is 17.9. The fourth-order valence-electron chi connectivity index (χ4n) is 5.33. The van der Waals surface area contributed by atoms with Gasteiger partial charge in [-0.25, -0.2) is 0 Å². The molecule has 0 radical (unpaired) electrons. The van der Waals surface area contributed by atoms with Crippen LogP contribution in [0.2, 0.25) is 0 Å². The van der Waals surface area contributed by atoms with Crippen LogP contribution < -0.4 is 20.1 Å². The van der Waals surface area contributed by atoms with E-state index in [1.165, 1.54) is 0 Å². The molecule has 1 aliphatic rings. The van der Waals surface area contributed by atoms with Gasteiger partial charge in [-0.2, -0.15) is 0 Å². The van der Waals surface area contributed by atoms with Crippen LogP contribution in [0.3, 0.4) is 0 Å². The predicted molar refractivity (Wildman–Crippen MR) is 133 cm³/mol. The molecule has 7 rings (SSSR count). The summed E-state index contributed by atoms with van der Waals surface area (Å²) in [5.41, 5.74) is 5.02. The van der Waals surface area contributed by atoms with E-state index in [1.54, 1.807) is 0 Å². The highest BCUT2D eigenvalue weighted by Gasteiger charge is 2.52. The number of hydrogen-bond donors (Lipinski definition) is 0. The topological polar surface area (TPSA) is 26.2 Å². The third-order valence-electron chi connectivity index (χ3n) is 6.79. The second-order valence-electron chi connectivity index (χ2n) is 8.62. The molecule has 0 amide bonds. The molecule has 2 heterocycles. The van der Waals surface area contributed by atoms with Crippen molar-refractivity contribution in [3.63, 3.8) is 0 Å². The minimum atomic E-state index is -1.85. The molecule has 0 unspecified atom stereocenters. The van der Waals surface area contributed by atoms with E-state index in [2.05, 4.69) is 102 Å². The molecular weight excluding hydrogens is 405 g/mol. The lowest BCUT2D eigenvalue weighted by atomic mass is 9.40. The van der Waals surface area contributed by atoms with E-state index < -0.39 is 6.48 Å². The Balaban J connectivity index is 1.67. The average molecular weight is 425 g/mol. The second-order valence-corrected chi connectivity index (χ2v) is 8.62. The Hall–Kier alpha value is -4.31. The number of rotatable bonds is 2. The lowest BCUT2D eigenvalue weighted by Crippen LogP contribution is -2.83. The minimum Gasteiger partial charge on any atom is -0.650 e. The molecule has 0 N–H and O–H groups in total. The molecule has 0 aliphatic carbocycles. The molecule has 0 atom stereocenters. The maximum absolute atomic E-state index is 7.16. The highest BCUT2D eigenvalue weighted by Crippen LogP contribution is 2.39. The summed E-state index contributed by atoms with van der Waals surface area (Å²) in [6.45, 7) is -1.85. The molecule has 0 bridgehead atoms. The van der Waals surface area contributed by atoms with Crippen LogP contribution in [0.4, 0.5) is 0 Å². The quantitative estimate of drug-likeness (QED) is 0.364. The molecule has 0 spiro atoms. The van der Waals surface area contributed by atoms with Crippen LogP contribution in [0.1, 0.15) is 0 Å². The van der Waals surface area contributed by atoms with Gasteiger partial charge in [-0.3, -0.25) is 0 Å². The van der Waals surface area contributed by atoms with Gasteiger partial charge in [-0.1, -0.05) is 108 Å². The van der Waals surface area contributed by atoms with Crippen molar-refractivity contribution in [1.29, 1.82) is 0 Å². The lowest BCUT2D eigenvalue weighted by Gasteiger charge is -2.40. The molecule has 4 heteroatoms. The smallest absolute Gasteiger partial charge is 0.516 e. The van der Waals surface area contributed by atoms with Gasteiger partial charge in [-0.15, -0.1) is 0 Å². The molecule has 33 heavy (non-hydrogen) atoms. The van der Waals surface area contributed by atoms with Crippen LogP contribution in [0.5, 0.6) is 5.75 Å². The van der Waals surface area contributed by atoms with E-state index in [-0.39, 0.29) is 0 Å². The molecular formula is C29H20BNO2. The van der Waals surface area contributed by atoms with Gasteiger partial charge in [0.05, 0.1) is 5.75 Å². The van der Waals surface area contributed by atoms with Crippen LogP contribution in [-0.4, -0.2) is 6.48 Å². The first-order chi connectivity index (χ1) is 16.3. The van der Waals surface area contributed by atoms with Crippen molar-refractivity contribution in [2.24, 2.45) is 0 Å². The maximum atomic E-state index is 7.16. The molecule has 1 aliphatic heterocycles. The van der Waals surface area contributed by atoms with Gasteiger partial charge in [0.2, 0.25) is 5.52 Å². The van der Waals surface area contributed by atoms with Crippen molar-refractivity contribution in [3.05, 3.63) is 121 Å². The first-order valence-electron chi connectivity index (χ1n) is 11.3. The van der Waals surface area contributed by atoms with Crippen molar-refractivity contribution in [2.75, 3.05) is 0 Å². The summed E-state index contributed by atoms with van der Waals surface area (Å²) < 4.78 is 16.0. The Morgan fingerprint density at radius 2 is 1.15 bits per heavy atom. The third kappa shape index (κ3) is 2.55. The normalized spacial score (nSPS) is 13.9. The van der Waals surface area contributed by atoms with E-state index in [0.717, 1.165) is 50.0 Å². The number of aromatic nitrogens is 1. The Bertz CT molecular complexity index is 1600. The van der Waals surface area contributed by atoms with Gasteiger partial charge in [0, 0.05) is 6.07 Å². The van der Waals surface area contributed by atoms with Gasteiger partial charge in [-0.05, 0) is 29.0 Å². The zero-order valence-electron chi connectivity index (χ0n) is 17.9. The Morgan fingerprint density at radius 3 is 1.85 bits per heavy atom. The van der Waals surface area contributed by atoms with Crippen molar-refractivity contribution in [3.8, 4) is 17.2 Å². The van der Waals surface area contributed by atoms with E-state index in [1.807, 2.05) is 24.3 Å². The first-order valence-corrected chi connectivity index (χ1v) is 11.3. The largest absolute Gasteiger partial charge is 0.650 e. The van der Waals surface area contributed by atoms with Crippen molar-refractivity contribution in [1.82, 2.24) is 0 Å². The van der Waals surface area contributed by atoms with Crippen molar-refractivity contribution in [2.45, 2.75) is 0 Å². The van der Waals surface area contributed by atoms with Crippen LogP contribution in [0.15, 0.2) is 126 Å². The number of hydrogen-bond acceptors (Lipinski definition) is 2. The van der Waals surface area contributed by atoms with Crippen molar-refractivity contribution >= 4 is 39.3 Å². The number of para-hydroxylation sites is 2. The Labute approximate surface area is 191 Å². The van der Waals surface area contributed by atoms with Gasteiger partial charge < -0.3 is 13.5 Å². The second kappa shape index (κ2) is 6.85. The standard InChI is InChI=1S/C29H20BNO2/c1-3-13-23(14-4-1)30(24-15-5-2-6-16-24)31-26-17-9-10-18-27(26)32-29(31)25-19-21-11-7-8-12-22(21)20-28(25)33-30/h1-20H. The van der Waals surface area contributed by atoms with Crippen LogP contribution in [-0.2, 0) is 0 Å². The first kappa shape index (κ1) is 18.3. The molecule has 0 fully saturated rings. The number of benzene rings is 5. The van der Waals surface area contributed by atoms with Crippen LogP contribution >= 0.6 is 0 Å². The average Bonchev–Trinajstić information content (AvgIpc) is 3.29. The summed E-state index contributed by atoms with van der Waals surface area (Å²) in [7, 11) is 0. The summed E-state index contributed by atoms with van der Waals surface area (Å²) in [4.78, 5) is 0. The Morgan fingerprint density at radius 1 is 0.576 bits per heavy atom. The molecule has 5 aromatic carbocycles. The summed E-state index contributed by atoms with van der Waals surface area (Å²) in [6.07, 6.45) is 0. The van der Waals surface area contributed by atoms with Gasteiger partial charge in [0.15, 0.2) is 5.58 Å². The van der Waals surface area contributed by atoms with E-state index >= 15 is 0 Å². The predicted octanol–water partition coefficient (Wildman–Crippen LogP) is 5.04. The summed E-state index contributed by atoms with van der Waals surface area (Å²) >= 11 is 0. The molecule has 0 saturated carbocycles. The van der Waals surface area contributed by atoms with Gasteiger partial charge in [0.1, 0.15) is 5.56 Å². The van der Waals surface area contributed by atoms with Gasteiger partial charge >= 0.3 is 12.4 Å². The monoisotopic (exact) mass is 425 g/mol. The summed E-state index contributed by atoms with van der Waals surface area (Å²) in [6, 6.07) is 41.9. The van der Waals surface area contributed by atoms with E-state index in [4.69, 9.17) is 9.07 Å². The highest BCUT2D eigenvalue weighted by molar-refractivity contribution is 6.91. The summed E-state index contributed by atoms with van der Waals surface area (Å²) in [5, 5.41) is 2.30. The third-order valence-corrected chi connectivity index (χ3v) is 6.79. The van der Waals surface area contributed by atoms with Crippen molar-refractivity contribution < 1.29 is 13.5 Å². The maximum Gasteiger partial charge on any atom is 0.516 e. The molecule has 3 nitrogen and oxygen atoms in total. The fourth-order valence-corrected chi connectivity index (χ4v) is 5.33. The SMILES string of the molecule is c1ccc([B-]2(c3ccccc3)Oc3cc4ccccc4cc3-c3oc4ccccc4[n+]32)cc1. The summed E-state index contributed by atoms with van der Waals surface area (Å²) in [5.74, 6) is 1.65. The highest BCUT2D eigenvalue weighted by atomic mass is 16.5. The number of nitrogens with zero attached hydrogens (tertiary/aromatic N) is 1. The fraction of sp³-hybridized carbons (Fsp3) is 0. The number of fused-ring (bicyclic) bond motifs is 6. The molecule has 0 saturated heterocycles. The van der Waals surface area contributed by atoms with Crippen LogP contribution in [0.25, 0.3) is 33.3 Å². The Kier molecular flexibility index (Phi) is 3.79. The van der Waals surface area contributed by atoms with Crippen LogP contribution in [0, 0.1) is 0 Å². The number of oxazole rings is 1. The lowest BCUT2D eigenvalue weighted by molar-refractivity contribution is -0.518. The van der Waals surface area contributed by atoms with E-state index in [0.29, 0.717) is 0 Å². The minimum absolute atomic E-state index is 0.816. The molecule has 6 aromatic rings.